The van der Waals surface area contributed by atoms with Gasteiger partial charge in [0.15, 0.2) is 0 Å². The Morgan fingerprint density at radius 1 is 1.33 bits per heavy atom. The van der Waals surface area contributed by atoms with Crippen molar-refractivity contribution in [2.45, 2.75) is 25.2 Å². The largest absolute Gasteiger partial charge is 0.481 e. The molecule has 1 atom stereocenters. The van der Waals surface area contributed by atoms with Crippen molar-refractivity contribution >= 4 is 17.7 Å². The number of carbonyl (C=O) groups excluding carboxylic acids is 1. The van der Waals surface area contributed by atoms with E-state index in [0.717, 1.165) is 17.8 Å². The molecule has 5 nitrogen and oxygen atoms in total. The molecule has 0 spiro atoms. The van der Waals surface area contributed by atoms with Crippen LogP contribution in [0.4, 0.5) is 10.5 Å². The second-order valence-electron chi connectivity index (χ2n) is 6.07. The van der Waals surface area contributed by atoms with Crippen LogP contribution in [0.15, 0.2) is 24.3 Å². The van der Waals surface area contributed by atoms with Crippen LogP contribution in [0.25, 0.3) is 0 Å². The van der Waals surface area contributed by atoms with Gasteiger partial charge < -0.3 is 10.0 Å². The first-order valence-corrected chi connectivity index (χ1v) is 7.39. The first-order valence-electron chi connectivity index (χ1n) is 7.39. The Balaban J connectivity index is 1.79. The number of benzene rings is 1. The molecule has 0 bridgehead atoms. The number of hydrogen-bond donors (Lipinski definition) is 1. The van der Waals surface area contributed by atoms with Crippen molar-refractivity contribution in [3.8, 4) is 0 Å². The summed E-state index contributed by atoms with van der Waals surface area (Å²) >= 11 is 0. The van der Waals surface area contributed by atoms with Gasteiger partial charge in [-0.1, -0.05) is 18.2 Å². The maximum atomic E-state index is 12.6. The van der Waals surface area contributed by atoms with E-state index in [2.05, 4.69) is 0 Å². The molecule has 1 N–H and O–H groups in total. The van der Waals surface area contributed by atoms with Crippen molar-refractivity contribution in [2.24, 2.45) is 5.92 Å². The van der Waals surface area contributed by atoms with Crippen molar-refractivity contribution < 1.29 is 14.7 Å². The van der Waals surface area contributed by atoms with Gasteiger partial charge in [0.05, 0.1) is 6.42 Å². The Bertz CT molecular complexity index is 568. The van der Waals surface area contributed by atoms with Gasteiger partial charge in [0, 0.05) is 31.7 Å². The molecule has 1 heterocycles. The molecule has 2 aliphatic rings. The molecule has 1 aromatic carbocycles. The first-order chi connectivity index (χ1) is 10.1. The van der Waals surface area contributed by atoms with Crippen LogP contribution in [0.3, 0.4) is 0 Å². The number of urea groups is 1. The van der Waals surface area contributed by atoms with Crippen molar-refractivity contribution in [1.82, 2.24) is 4.90 Å². The summed E-state index contributed by atoms with van der Waals surface area (Å²) in [5.74, 6) is -0.293. The number of amides is 2. The number of nitrogens with zero attached hydrogens (tertiary/aromatic N) is 2. The number of aliphatic carboxylic acids is 1. The summed E-state index contributed by atoms with van der Waals surface area (Å²) in [6.45, 7) is 1.25. The average Bonchev–Trinajstić information content (AvgIpc) is 3.19. The molecule has 1 saturated carbocycles. The summed E-state index contributed by atoms with van der Waals surface area (Å²) in [4.78, 5) is 27.1. The second kappa shape index (κ2) is 5.39. The highest BCUT2D eigenvalue weighted by atomic mass is 16.4. The van der Waals surface area contributed by atoms with Gasteiger partial charge in [0.25, 0.3) is 0 Å². The third-order valence-electron chi connectivity index (χ3n) is 4.28. The van der Waals surface area contributed by atoms with E-state index in [1.165, 1.54) is 12.8 Å². The Kier molecular flexibility index (Phi) is 3.57. The number of para-hydroxylation sites is 1. The number of rotatable bonds is 4. The lowest BCUT2D eigenvalue weighted by atomic mass is 9.98. The van der Waals surface area contributed by atoms with Gasteiger partial charge in [0.1, 0.15) is 0 Å². The van der Waals surface area contributed by atoms with E-state index >= 15 is 0 Å². The van der Waals surface area contributed by atoms with Crippen LogP contribution in [0.2, 0.25) is 0 Å². The third-order valence-corrected chi connectivity index (χ3v) is 4.28. The fraction of sp³-hybridized carbons (Fsp3) is 0.500. The van der Waals surface area contributed by atoms with Crippen LogP contribution in [0.1, 0.15) is 30.7 Å². The maximum Gasteiger partial charge on any atom is 0.324 e. The molecule has 21 heavy (non-hydrogen) atoms. The summed E-state index contributed by atoms with van der Waals surface area (Å²) < 4.78 is 0. The lowest BCUT2D eigenvalue weighted by Gasteiger charge is -2.25. The zero-order valence-electron chi connectivity index (χ0n) is 12.2. The van der Waals surface area contributed by atoms with Crippen LogP contribution in [0, 0.1) is 5.92 Å². The quantitative estimate of drug-likeness (QED) is 0.926. The van der Waals surface area contributed by atoms with Crippen molar-refractivity contribution in [2.75, 3.05) is 25.0 Å². The van der Waals surface area contributed by atoms with E-state index in [1.807, 2.05) is 31.3 Å². The van der Waals surface area contributed by atoms with Crippen molar-refractivity contribution in [3.63, 3.8) is 0 Å². The molecule has 5 heteroatoms. The number of carbonyl (C=O) groups is 2. The molecule has 2 amide bonds. The van der Waals surface area contributed by atoms with Gasteiger partial charge in [0.2, 0.25) is 0 Å². The molecule has 1 aliphatic carbocycles. The topological polar surface area (TPSA) is 60.9 Å². The van der Waals surface area contributed by atoms with Crippen molar-refractivity contribution in [1.29, 1.82) is 0 Å². The van der Waals surface area contributed by atoms with Crippen molar-refractivity contribution in [3.05, 3.63) is 29.8 Å². The minimum atomic E-state index is -0.824. The summed E-state index contributed by atoms with van der Waals surface area (Å²) in [7, 11) is 1.83. The molecule has 1 aromatic rings. The highest BCUT2D eigenvalue weighted by Crippen LogP contribution is 2.38. The maximum absolute atomic E-state index is 12.6. The Labute approximate surface area is 124 Å². The summed E-state index contributed by atoms with van der Waals surface area (Å²) in [5.41, 5.74) is 1.82. The average molecular weight is 288 g/mol. The zero-order chi connectivity index (χ0) is 15.0. The summed E-state index contributed by atoms with van der Waals surface area (Å²) in [6, 6.07) is 7.60. The normalized spacial score (nSPS) is 20.2. The summed E-state index contributed by atoms with van der Waals surface area (Å²) in [6.07, 6.45) is 2.47. The highest BCUT2D eigenvalue weighted by Gasteiger charge is 2.35. The third kappa shape index (κ3) is 2.86. The van der Waals surface area contributed by atoms with E-state index in [1.54, 1.807) is 9.80 Å². The lowest BCUT2D eigenvalue weighted by Crippen LogP contribution is -2.41. The molecular formula is C16H20N2O3. The van der Waals surface area contributed by atoms with E-state index in [9.17, 15) is 9.59 Å². The summed E-state index contributed by atoms with van der Waals surface area (Å²) in [5, 5.41) is 9.05. The van der Waals surface area contributed by atoms with Gasteiger partial charge in [-0.2, -0.15) is 0 Å². The first kappa shape index (κ1) is 13.9. The van der Waals surface area contributed by atoms with Gasteiger partial charge >= 0.3 is 12.0 Å². The molecule has 1 unspecified atom stereocenters. The van der Waals surface area contributed by atoms with Gasteiger partial charge in [-0.05, 0) is 30.4 Å². The number of hydrogen-bond acceptors (Lipinski definition) is 2. The predicted octanol–water partition coefficient (Wildman–Crippen LogP) is 2.53. The Morgan fingerprint density at radius 3 is 2.71 bits per heavy atom. The van der Waals surface area contributed by atoms with Gasteiger partial charge in [-0.15, -0.1) is 0 Å². The van der Waals surface area contributed by atoms with E-state index in [4.69, 9.17) is 5.11 Å². The Hall–Kier alpha value is -2.04. The number of carboxylic acid groups (broad SMARTS) is 1. The lowest BCUT2D eigenvalue weighted by molar-refractivity contribution is -0.137. The predicted molar refractivity (Wildman–Crippen MR) is 79.5 cm³/mol. The van der Waals surface area contributed by atoms with E-state index in [0.29, 0.717) is 12.5 Å². The molecule has 1 aliphatic heterocycles. The zero-order valence-corrected chi connectivity index (χ0v) is 12.2. The highest BCUT2D eigenvalue weighted by molar-refractivity contribution is 5.95. The second-order valence-corrected chi connectivity index (χ2v) is 6.07. The number of fused-ring (bicyclic) bond motifs is 1. The molecular weight excluding hydrogens is 268 g/mol. The standard InChI is InChI=1S/C16H20N2O3/c1-17(9-11-6-7-11)16(21)18-10-12(8-15(19)20)13-4-2-3-5-14(13)18/h2-5,11-12H,6-10H2,1H3,(H,19,20). The molecule has 0 aromatic heterocycles. The van der Waals surface area contributed by atoms with Crippen LogP contribution in [-0.2, 0) is 4.79 Å². The molecule has 1 fully saturated rings. The number of anilines is 1. The molecule has 0 radical (unpaired) electrons. The molecule has 0 saturated heterocycles. The van der Waals surface area contributed by atoms with Gasteiger partial charge in [-0.3, -0.25) is 9.69 Å². The van der Waals surface area contributed by atoms with Crippen LogP contribution >= 0.6 is 0 Å². The van der Waals surface area contributed by atoms with Crippen LogP contribution < -0.4 is 4.90 Å². The minimum absolute atomic E-state index is 0.0257. The van der Waals surface area contributed by atoms with Gasteiger partial charge in [-0.25, -0.2) is 4.79 Å². The van der Waals surface area contributed by atoms with Crippen LogP contribution in [-0.4, -0.2) is 42.1 Å². The fourth-order valence-corrected chi connectivity index (χ4v) is 3.03. The monoisotopic (exact) mass is 288 g/mol. The minimum Gasteiger partial charge on any atom is -0.481 e. The van der Waals surface area contributed by atoms with E-state index < -0.39 is 5.97 Å². The van der Waals surface area contributed by atoms with E-state index in [-0.39, 0.29) is 18.4 Å². The smallest absolute Gasteiger partial charge is 0.324 e. The number of carboxylic acids is 1. The SMILES string of the molecule is CN(CC1CC1)C(=O)N1CC(CC(=O)O)c2ccccc21. The molecule has 112 valence electrons. The van der Waals surface area contributed by atoms with Crippen LogP contribution in [0.5, 0.6) is 0 Å². The molecule has 3 rings (SSSR count). The Morgan fingerprint density at radius 2 is 2.05 bits per heavy atom. The fourth-order valence-electron chi connectivity index (χ4n) is 3.03.